The third kappa shape index (κ3) is 4.86. The van der Waals surface area contributed by atoms with Crippen LogP contribution in [0.4, 0.5) is 10.1 Å². The van der Waals surface area contributed by atoms with Crippen molar-refractivity contribution < 1.29 is 9.18 Å². The van der Waals surface area contributed by atoms with Gasteiger partial charge in [0.15, 0.2) is 11.0 Å². The third-order valence-electron chi connectivity index (χ3n) is 4.54. The summed E-state index contributed by atoms with van der Waals surface area (Å²) in [6.07, 6.45) is 0. The Morgan fingerprint density at radius 2 is 1.81 bits per heavy atom. The number of rotatable bonds is 6. The predicted molar refractivity (Wildman–Crippen MR) is 125 cm³/mol. The van der Waals surface area contributed by atoms with Gasteiger partial charge in [-0.15, -0.1) is 10.2 Å². The van der Waals surface area contributed by atoms with Crippen molar-refractivity contribution in [3.05, 3.63) is 88.6 Å². The molecule has 5 nitrogen and oxygen atoms in total. The molecule has 0 aliphatic rings. The second-order valence-corrected chi connectivity index (χ2v) is 8.55. The van der Waals surface area contributed by atoms with Crippen molar-refractivity contribution in [2.45, 2.75) is 12.1 Å². The average Bonchev–Trinajstić information content (AvgIpc) is 3.19. The lowest BCUT2D eigenvalue weighted by Crippen LogP contribution is -2.14. The van der Waals surface area contributed by atoms with Gasteiger partial charge in [0.1, 0.15) is 5.82 Å². The van der Waals surface area contributed by atoms with Crippen LogP contribution in [-0.4, -0.2) is 26.4 Å². The molecule has 1 heterocycles. The topological polar surface area (TPSA) is 59.8 Å². The van der Waals surface area contributed by atoms with Gasteiger partial charge in [0.2, 0.25) is 5.91 Å². The fraction of sp³-hybridized carbons (Fsp3) is 0.0870. The lowest BCUT2D eigenvalue weighted by atomic mass is 10.2. The molecule has 8 heteroatoms. The summed E-state index contributed by atoms with van der Waals surface area (Å²) in [5.74, 6) is -0.0262. The molecule has 1 N–H and O–H groups in total. The van der Waals surface area contributed by atoms with Gasteiger partial charge in [0.05, 0.1) is 11.3 Å². The van der Waals surface area contributed by atoms with Gasteiger partial charge in [0.25, 0.3) is 0 Å². The normalized spacial score (nSPS) is 10.8. The first kappa shape index (κ1) is 21.3. The van der Waals surface area contributed by atoms with E-state index in [-0.39, 0.29) is 17.5 Å². The Balaban J connectivity index is 1.59. The molecular formula is C23H18BrFN4OS. The van der Waals surface area contributed by atoms with Crippen molar-refractivity contribution in [3.8, 4) is 17.1 Å². The van der Waals surface area contributed by atoms with Crippen LogP contribution in [0.15, 0.2) is 82.4 Å². The summed E-state index contributed by atoms with van der Waals surface area (Å²) in [6.45, 7) is 1.96. The maximum atomic E-state index is 14.4. The first-order valence-electron chi connectivity index (χ1n) is 9.47. The quantitative estimate of drug-likeness (QED) is 0.339. The Morgan fingerprint density at radius 3 is 2.55 bits per heavy atom. The van der Waals surface area contributed by atoms with Crippen molar-refractivity contribution in [2.75, 3.05) is 11.1 Å². The van der Waals surface area contributed by atoms with Gasteiger partial charge in [-0.25, -0.2) is 4.39 Å². The minimum atomic E-state index is -0.382. The molecule has 0 unspecified atom stereocenters. The number of para-hydroxylation sites is 1. The molecule has 0 aliphatic carbocycles. The Bertz CT molecular complexity index is 1230. The summed E-state index contributed by atoms with van der Waals surface area (Å²) in [4.78, 5) is 12.5. The van der Waals surface area contributed by atoms with Crippen molar-refractivity contribution in [3.63, 3.8) is 0 Å². The van der Waals surface area contributed by atoms with E-state index >= 15 is 0 Å². The molecule has 0 radical (unpaired) electrons. The van der Waals surface area contributed by atoms with E-state index in [9.17, 15) is 9.18 Å². The van der Waals surface area contributed by atoms with Gasteiger partial charge in [0, 0.05) is 15.8 Å². The van der Waals surface area contributed by atoms with E-state index in [0.717, 1.165) is 21.4 Å². The molecule has 0 bridgehead atoms. The molecule has 0 saturated heterocycles. The van der Waals surface area contributed by atoms with Crippen LogP contribution in [0.25, 0.3) is 17.1 Å². The summed E-state index contributed by atoms with van der Waals surface area (Å²) in [5.41, 5.74) is 2.89. The number of nitrogens with one attached hydrogen (secondary N) is 1. The molecule has 156 valence electrons. The highest BCUT2D eigenvalue weighted by Gasteiger charge is 2.19. The van der Waals surface area contributed by atoms with Crippen molar-refractivity contribution >= 4 is 39.3 Å². The summed E-state index contributed by atoms with van der Waals surface area (Å²) in [6, 6.07) is 21.5. The second kappa shape index (κ2) is 9.45. The smallest absolute Gasteiger partial charge is 0.234 e. The standard InChI is InChI=1S/C23H18BrFN4OS/c1-15-13-16(11-12-19(15)24)26-21(30)14-31-23-28-27-22(18-9-5-6-10-20(18)25)29(23)17-7-3-2-4-8-17/h2-13H,14H2,1H3,(H,26,30). The molecular weight excluding hydrogens is 479 g/mol. The zero-order valence-electron chi connectivity index (χ0n) is 16.5. The fourth-order valence-electron chi connectivity index (χ4n) is 3.04. The number of halogens is 2. The lowest BCUT2D eigenvalue weighted by Gasteiger charge is -2.11. The lowest BCUT2D eigenvalue weighted by molar-refractivity contribution is -0.113. The van der Waals surface area contributed by atoms with E-state index in [1.807, 2.05) is 55.5 Å². The number of hydrogen-bond acceptors (Lipinski definition) is 4. The van der Waals surface area contributed by atoms with Crippen molar-refractivity contribution in [1.29, 1.82) is 0 Å². The molecule has 0 atom stereocenters. The van der Waals surface area contributed by atoms with E-state index in [4.69, 9.17) is 0 Å². The van der Waals surface area contributed by atoms with Crippen molar-refractivity contribution in [1.82, 2.24) is 14.8 Å². The number of benzene rings is 3. The summed E-state index contributed by atoms with van der Waals surface area (Å²) >= 11 is 4.70. The highest BCUT2D eigenvalue weighted by Crippen LogP contribution is 2.29. The van der Waals surface area contributed by atoms with Crippen LogP contribution in [0.2, 0.25) is 0 Å². The first-order chi connectivity index (χ1) is 15.0. The van der Waals surface area contributed by atoms with E-state index in [2.05, 4.69) is 31.4 Å². The van der Waals surface area contributed by atoms with Crippen LogP contribution in [0, 0.1) is 12.7 Å². The molecule has 31 heavy (non-hydrogen) atoms. The fourth-order valence-corrected chi connectivity index (χ4v) is 4.04. The summed E-state index contributed by atoms with van der Waals surface area (Å²) in [5, 5.41) is 11.9. The molecule has 1 aromatic heterocycles. The van der Waals surface area contributed by atoms with E-state index in [0.29, 0.717) is 16.5 Å². The van der Waals surface area contributed by atoms with Gasteiger partial charge in [-0.3, -0.25) is 9.36 Å². The van der Waals surface area contributed by atoms with E-state index < -0.39 is 0 Å². The zero-order valence-corrected chi connectivity index (χ0v) is 19.0. The molecule has 0 spiro atoms. The molecule has 4 aromatic rings. The van der Waals surface area contributed by atoms with Gasteiger partial charge < -0.3 is 5.32 Å². The molecule has 0 aliphatic heterocycles. The number of aryl methyl sites for hydroxylation is 1. The van der Waals surface area contributed by atoms with Gasteiger partial charge in [-0.1, -0.05) is 58.0 Å². The van der Waals surface area contributed by atoms with Crippen LogP contribution in [0.3, 0.4) is 0 Å². The molecule has 0 fully saturated rings. The number of nitrogens with zero attached hydrogens (tertiary/aromatic N) is 3. The van der Waals surface area contributed by atoms with Crippen molar-refractivity contribution in [2.24, 2.45) is 0 Å². The molecule has 1 amide bonds. The monoisotopic (exact) mass is 496 g/mol. The molecule has 0 saturated carbocycles. The van der Waals surface area contributed by atoms with Crippen LogP contribution < -0.4 is 5.32 Å². The molecule has 3 aromatic carbocycles. The highest BCUT2D eigenvalue weighted by molar-refractivity contribution is 9.10. The average molecular weight is 497 g/mol. The number of carbonyl (C=O) groups excluding carboxylic acids is 1. The van der Waals surface area contributed by atoms with E-state index in [1.54, 1.807) is 22.8 Å². The number of hydrogen-bond donors (Lipinski definition) is 1. The number of amides is 1. The minimum Gasteiger partial charge on any atom is -0.325 e. The maximum absolute atomic E-state index is 14.4. The zero-order chi connectivity index (χ0) is 21.8. The SMILES string of the molecule is Cc1cc(NC(=O)CSc2nnc(-c3ccccc3F)n2-c2ccccc2)ccc1Br. The number of carbonyl (C=O) groups is 1. The Hall–Kier alpha value is -2.97. The predicted octanol–water partition coefficient (Wildman–Crippen LogP) is 5.88. The van der Waals surface area contributed by atoms with Crippen LogP contribution >= 0.6 is 27.7 Å². The van der Waals surface area contributed by atoms with Gasteiger partial charge in [-0.2, -0.15) is 0 Å². The maximum Gasteiger partial charge on any atom is 0.234 e. The first-order valence-corrected chi connectivity index (χ1v) is 11.3. The summed E-state index contributed by atoms with van der Waals surface area (Å²) < 4.78 is 17.2. The minimum absolute atomic E-state index is 0.136. The number of thioether (sulfide) groups is 1. The van der Waals surface area contributed by atoms with Crippen LogP contribution in [0.5, 0.6) is 0 Å². The van der Waals surface area contributed by atoms with Crippen LogP contribution in [-0.2, 0) is 4.79 Å². The second-order valence-electron chi connectivity index (χ2n) is 6.76. The Morgan fingerprint density at radius 1 is 1.06 bits per heavy atom. The molecule has 4 rings (SSSR count). The third-order valence-corrected chi connectivity index (χ3v) is 6.36. The Labute approximate surface area is 191 Å². The number of aromatic nitrogens is 3. The van der Waals surface area contributed by atoms with Crippen LogP contribution in [0.1, 0.15) is 5.56 Å². The highest BCUT2D eigenvalue weighted by atomic mass is 79.9. The van der Waals surface area contributed by atoms with Gasteiger partial charge in [-0.05, 0) is 55.0 Å². The largest absolute Gasteiger partial charge is 0.325 e. The van der Waals surface area contributed by atoms with E-state index in [1.165, 1.54) is 17.8 Å². The summed E-state index contributed by atoms with van der Waals surface area (Å²) in [7, 11) is 0. The Kier molecular flexibility index (Phi) is 6.48. The number of anilines is 1. The van der Waals surface area contributed by atoms with Gasteiger partial charge >= 0.3 is 0 Å².